The van der Waals surface area contributed by atoms with Gasteiger partial charge in [-0.05, 0) is 24.5 Å². The van der Waals surface area contributed by atoms with Crippen LogP contribution in [0.5, 0.6) is 0 Å². The molecule has 1 rings (SSSR count). The van der Waals surface area contributed by atoms with Gasteiger partial charge in [0.2, 0.25) is 0 Å². The lowest BCUT2D eigenvalue weighted by Crippen LogP contribution is -2.12. The number of hydrogen-bond acceptors (Lipinski definition) is 1. The van der Waals surface area contributed by atoms with Crippen LogP contribution in [0.1, 0.15) is 19.8 Å². The summed E-state index contributed by atoms with van der Waals surface area (Å²) in [6, 6.07) is 0. The van der Waals surface area contributed by atoms with Gasteiger partial charge in [-0.25, -0.2) is 0 Å². The normalized spacial score (nSPS) is 16.6. The lowest BCUT2D eigenvalue weighted by molar-refractivity contribution is -0.303. The van der Waals surface area contributed by atoms with Crippen LogP contribution < -0.4 is 0 Å². The Kier molecular flexibility index (Phi) is 2.83. The predicted molar refractivity (Wildman–Crippen MR) is 41.7 cm³/mol. The molecule has 0 heterocycles. The van der Waals surface area contributed by atoms with Crippen molar-refractivity contribution in [2.45, 2.75) is 26.1 Å². The van der Waals surface area contributed by atoms with E-state index in [1.165, 1.54) is 12.2 Å². The van der Waals surface area contributed by atoms with Crippen molar-refractivity contribution in [3.05, 3.63) is 29.2 Å². The van der Waals surface area contributed by atoms with Crippen LogP contribution in [0.3, 0.4) is 0 Å². The van der Waals surface area contributed by atoms with E-state index in [0.29, 0.717) is 6.42 Å². The van der Waals surface area contributed by atoms with Gasteiger partial charge in [0.25, 0.3) is 0 Å². The molecular formula is C9H9F3O. The third-order valence-electron chi connectivity index (χ3n) is 1.63. The first-order valence-corrected chi connectivity index (χ1v) is 3.91. The molecule has 13 heavy (non-hydrogen) atoms. The van der Waals surface area contributed by atoms with Crippen LogP contribution >= 0.6 is 0 Å². The fourth-order valence-corrected chi connectivity index (χ4v) is 0.966. The molecule has 0 spiro atoms. The maximum Gasteiger partial charge on any atom is 0.573 e. The highest BCUT2D eigenvalue weighted by molar-refractivity contribution is 5.23. The van der Waals surface area contributed by atoms with E-state index >= 15 is 0 Å². The van der Waals surface area contributed by atoms with Crippen molar-refractivity contribution in [3.8, 4) is 0 Å². The zero-order chi connectivity index (χ0) is 9.90. The largest absolute Gasteiger partial charge is 0.573 e. The molecule has 0 saturated heterocycles. The maximum atomic E-state index is 11.7. The molecule has 0 aromatic carbocycles. The Balaban J connectivity index is 2.63. The molecule has 0 atom stereocenters. The lowest BCUT2D eigenvalue weighted by atomic mass is 10.1. The van der Waals surface area contributed by atoms with E-state index in [1.54, 1.807) is 0 Å². The van der Waals surface area contributed by atoms with Crippen molar-refractivity contribution in [1.29, 1.82) is 0 Å². The minimum atomic E-state index is -4.60. The van der Waals surface area contributed by atoms with E-state index in [4.69, 9.17) is 0 Å². The van der Waals surface area contributed by atoms with Crippen LogP contribution in [-0.2, 0) is 4.74 Å². The van der Waals surface area contributed by atoms with E-state index in [1.807, 2.05) is 6.92 Å². The van der Waals surface area contributed by atoms with Gasteiger partial charge in [-0.3, -0.25) is 0 Å². The molecule has 0 N–H and O–H groups in total. The summed E-state index contributed by atoms with van der Waals surface area (Å²) in [5.41, 5.74) is 3.72. The van der Waals surface area contributed by atoms with Gasteiger partial charge in [-0.15, -0.1) is 18.9 Å². The third kappa shape index (κ3) is 3.38. The first kappa shape index (κ1) is 9.93. The third-order valence-corrected chi connectivity index (χ3v) is 1.63. The zero-order valence-electron chi connectivity index (χ0n) is 7.11. The Morgan fingerprint density at radius 3 is 2.62 bits per heavy atom. The summed E-state index contributed by atoms with van der Waals surface area (Å²) in [7, 11) is 0. The first-order chi connectivity index (χ1) is 6.01. The van der Waals surface area contributed by atoms with Gasteiger partial charge in [0.1, 0.15) is 5.76 Å². The van der Waals surface area contributed by atoms with E-state index in [-0.39, 0.29) is 5.76 Å². The number of alkyl halides is 3. The van der Waals surface area contributed by atoms with Crippen molar-refractivity contribution in [1.82, 2.24) is 0 Å². The molecule has 0 aliphatic heterocycles. The van der Waals surface area contributed by atoms with Crippen molar-refractivity contribution in [2.24, 2.45) is 0 Å². The van der Waals surface area contributed by atoms with Crippen molar-refractivity contribution in [3.63, 3.8) is 0 Å². The molecule has 0 bridgehead atoms. The molecule has 0 fully saturated rings. The van der Waals surface area contributed by atoms with Crippen LogP contribution in [0, 0.1) is 0 Å². The second-order valence-electron chi connectivity index (χ2n) is 2.60. The first-order valence-electron chi connectivity index (χ1n) is 3.91. The number of ether oxygens (including phenoxy) is 1. The molecular weight excluding hydrogens is 181 g/mol. The molecule has 0 amide bonds. The maximum absolute atomic E-state index is 11.7. The van der Waals surface area contributed by atoms with Crippen molar-refractivity contribution < 1.29 is 17.9 Å². The Morgan fingerprint density at radius 2 is 2.23 bits per heavy atom. The predicted octanol–water partition coefficient (Wildman–Crippen LogP) is 3.30. The quantitative estimate of drug-likeness (QED) is 0.607. The molecule has 1 aliphatic carbocycles. The van der Waals surface area contributed by atoms with Crippen LogP contribution in [0.25, 0.3) is 0 Å². The molecule has 0 radical (unpaired) electrons. The highest BCUT2D eigenvalue weighted by atomic mass is 19.4. The van der Waals surface area contributed by atoms with Crippen LogP contribution in [0.15, 0.2) is 29.2 Å². The van der Waals surface area contributed by atoms with E-state index < -0.39 is 6.36 Å². The van der Waals surface area contributed by atoms with Crippen LogP contribution in [0.2, 0.25) is 0 Å². The number of hydrogen-bond donors (Lipinski definition) is 0. The van der Waals surface area contributed by atoms with Crippen molar-refractivity contribution in [2.75, 3.05) is 0 Å². The summed E-state index contributed by atoms with van der Waals surface area (Å²) in [6.07, 6.45) is -0.697. The smallest absolute Gasteiger partial charge is 0.405 e. The summed E-state index contributed by atoms with van der Waals surface area (Å²) in [5, 5.41) is 0. The average molecular weight is 190 g/mol. The molecule has 72 valence electrons. The monoisotopic (exact) mass is 190 g/mol. The second-order valence-corrected chi connectivity index (χ2v) is 2.60. The number of allylic oxidation sites excluding steroid dienone is 2. The van der Waals surface area contributed by atoms with Crippen molar-refractivity contribution >= 4 is 0 Å². The summed E-state index contributed by atoms with van der Waals surface area (Å²) >= 11 is 0. The molecule has 0 saturated carbocycles. The van der Waals surface area contributed by atoms with Crippen LogP contribution in [-0.4, -0.2) is 6.36 Å². The minimum Gasteiger partial charge on any atom is -0.405 e. The number of rotatable bonds is 2. The Labute approximate surface area is 74.2 Å². The van der Waals surface area contributed by atoms with Gasteiger partial charge in [0, 0.05) is 6.08 Å². The van der Waals surface area contributed by atoms with Gasteiger partial charge in [-0.2, -0.15) is 0 Å². The highest BCUT2D eigenvalue weighted by Crippen LogP contribution is 2.24. The van der Waals surface area contributed by atoms with Crippen LogP contribution in [0.4, 0.5) is 13.2 Å². The molecule has 0 aromatic rings. The van der Waals surface area contributed by atoms with E-state index in [0.717, 1.165) is 12.0 Å². The second kappa shape index (κ2) is 3.71. The molecule has 0 aromatic heterocycles. The number of halogens is 3. The summed E-state index contributed by atoms with van der Waals surface area (Å²) in [6.45, 7) is 1.93. The summed E-state index contributed by atoms with van der Waals surface area (Å²) in [5.74, 6) is -0.176. The van der Waals surface area contributed by atoms with Gasteiger partial charge in [0.15, 0.2) is 0 Å². The molecule has 1 aliphatic rings. The average Bonchev–Trinajstić information content (AvgIpc) is 2.03. The Hall–Kier alpha value is -1.15. The lowest BCUT2D eigenvalue weighted by Gasteiger charge is -2.11. The van der Waals surface area contributed by atoms with Gasteiger partial charge in [0.05, 0.1) is 0 Å². The summed E-state index contributed by atoms with van der Waals surface area (Å²) in [4.78, 5) is 0. The Morgan fingerprint density at radius 1 is 1.54 bits per heavy atom. The Bertz CT molecular complexity index is 280. The van der Waals surface area contributed by atoms with Gasteiger partial charge in [-0.1, -0.05) is 6.92 Å². The standard InChI is InChI=1S/C9H9F3O/c1-2-7-3-5-8(6-4-7)13-9(10,11)12/h5-6H,2-3H2,1H3. The topological polar surface area (TPSA) is 9.23 Å². The molecule has 1 nitrogen and oxygen atoms in total. The van der Waals surface area contributed by atoms with Gasteiger partial charge < -0.3 is 4.74 Å². The highest BCUT2D eigenvalue weighted by Gasteiger charge is 2.31. The fourth-order valence-electron chi connectivity index (χ4n) is 0.966. The van der Waals surface area contributed by atoms with E-state index in [2.05, 4.69) is 10.5 Å². The van der Waals surface area contributed by atoms with Gasteiger partial charge >= 0.3 is 6.36 Å². The zero-order valence-corrected chi connectivity index (χ0v) is 7.11. The minimum absolute atomic E-state index is 0.176. The summed E-state index contributed by atoms with van der Waals surface area (Å²) < 4.78 is 38.8. The van der Waals surface area contributed by atoms with E-state index in [9.17, 15) is 13.2 Å². The SMILES string of the molecule is CCC1=C=CC(OC(F)(F)F)=CC1. The molecule has 0 unspecified atom stereocenters. The molecule has 4 heteroatoms. The fraction of sp³-hybridized carbons (Fsp3) is 0.444.